The highest BCUT2D eigenvalue weighted by atomic mass is 79.9. The third-order valence-electron chi connectivity index (χ3n) is 3.67. The van der Waals surface area contributed by atoms with E-state index in [1.54, 1.807) is 0 Å². The van der Waals surface area contributed by atoms with E-state index in [1.807, 2.05) is 6.20 Å². The Balaban J connectivity index is 2.05. The van der Waals surface area contributed by atoms with E-state index in [-0.39, 0.29) is 0 Å². The van der Waals surface area contributed by atoms with Gasteiger partial charge < -0.3 is 4.90 Å². The van der Waals surface area contributed by atoms with Gasteiger partial charge in [-0.2, -0.15) is 0 Å². The van der Waals surface area contributed by atoms with Crippen molar-refractivity contribution in [3.63, 3.8) is 0 Å². The summed E-state index contributed by atoms with van der Waals surface area (Å²) in [5.74, 6) is 2.35. The zero-order valence-corrected chi connectivity index (χ0v) is 13.2. The molecule has 0 amide bonds. The van der Waals surface area contributed by atoms with Crippen LogP contribution in [-0.4, -0.2) is 18.6 Å². The predicted molar refractivity (Wildman–Crippen MR) is 81.3 cm³/mol. The van der Waals surface area contributed by atoms with E-state index in [2.05, 4.69) is 38.9 Å². The molecule has 0 saturated heterocycles. The Kier molecular flexibility index (Phi) is 5.31. The van der Waals surface area contributed by atoms with Crippen LogP contribution < -0.4 is 4.90 Å². The Bertz CT molecular complexity index is 391. The Morgan fingerprint density at radius 3 is 2.78 bits per heavy atom. The van der Waals surface area contributed by atoms with E-state index in [9.17, 15) is 0 Å². The van der Waals surface area contributed by atoms with E-state index in [1.165, 1.54) is 32.1 Å². The van der Waals surface area contributed by atoms with Gasteiger partial charge in [-0.25, -0.2) is 4.98 Å². The van der Waals surface area contributed by atoms with Gasteiger partial charge in [-0.15, -0.1) is 11.6 Å². The number of hydrogen-bond acceptors (Lipinski definition) is 2. The van der Waals surface area contributed by atoms with Crippen LogP contribution in [0.25, 0.3) is 0 Å². The van der Waals surface area contributed by atoms with Gasteiger partial charge in [0.1, 0.15) is 5.82 Å². The third kappa shape index (κ3) is 3.61. The lowest BCUT2D eigenvalue weighted by Crippen LogP contribution is -2.28. The zero-order chi connectivity index (χ0) is 13.0. The molecule has 1 heterocycles. The number of halogens is 2. The van der Waals surface area contributed by atoms with E-state index < -0.39 is 0 Å². The first-order valence-electron chi connectivity index (χ1n) is 6.62. The zero-order valence-electron chi connectivity index (χ0n) is 10.8. The highest BCUT2D eigenvalue weighted by Crippen LogP contribution is 2.27. The van der Waals surface area contributed by atoms with Gasteiger partial charge >= 0.3 is 0 Å². The Labute approximate surface area is 123 Å². The SMILES string of the molecule is CN(CC1CCCCC1)c1ncc(Br)cc1CCl. The fourth-order valence-corrected chi connectivity index (χ4v) is 3.33. The Morgan fingerprint density at radius 1 is 1.39 bits per heavy atom. The standard InChI is InChI=1S/C14H20BrClN2/c1-18(10-11-5-3-2-4-6-11)14-12(8-16)7-13(15)9-17-14/h7,9,11H,2-6,8,10H2,1H3. The smallest absolute Gasteiger partial charge is 0.132 e. The number of pyridine rings is 1. The van der Waals surface area contributed by atoms with E-state index in [0.717, 1.165) is 28.3 Å². The van der Waals surface area contributed by atoms with Crippen molar-refractivity contribution in [2.75, 3.05) is 18.5 Å². The molecule has 1 aliphatic carbocycles. The minimum atomic E-state index is 0.511. The van der Waals surface area contributed by atoms with Crippen LogP contribution in [0.1, 0.15) is 37.7 Å². The molecule has 4 heteroatoms. The summed E-state index contributed by atoms with van der Waals surface area (Å²) in [7, 11) is 2.13. The van der Waals surface area contributed by atoms with Crippen LogP contribution in [0, 0.1) is 5.92 Å². The number of nitrogens with zero attached hydrogens (tertiary/aromatic N) is 2. The topological polar surface area (TPSA) is 16.1 Å². The maximum atomic E-state index is 6.00. The number of rotatable bonds is 4. The average molecular weight is 332 g/mol. The number of hydrogen-bond donors (Lipinski definition) is 0. The minimum Gasteiger partial charge on any atom is -0.359 e. The first kappa shape index (κ1) is 14.1. The number of alkyl halides is 1. The van der Waals surface area contributed by atoms with Gasteiger partial charge in [0.25, 0.3) is 0 Å². The first-order chi connectivity index (χ1) is 8.70. The van der Waals surface area contributed by atoms with Crippen molar-refractivity contribution in [3.8, 4) is 0 Å². The summed E-state index contributed by atoms with van der Waals surface area (Å²) in [6.07, 6.45) is 8.74. The lowest BCUT2D eigenvalue weighted by atomic mass is 9.89. The van der Waals surface area contributed by atoms with Crippen LogP contribution in [0.3, 0.4) is 0 Å². The fraction of sp³-hybridized carbons (Fsp3) is 0.643. The van der Waals surface area contributed by atoms with Crippen molar-refractivity contribution < 1.29 is 0 Å². The van der Waals surface area contributed by atoms with Crippen LogP contribution >= 0.6 is 27.5 Å². The molecule has 1 aliphatic rings. The van der Waals surface area contributed by atoms with Crippen molar-refractivity contribution >= 4 is 33.3 Å². The molecule has 100 valence electrons. The molecule has 1 fully saturated rings. The summed E-state index contributed by atoms with van der Waals surface area (Å²) >= 11 is 9.45. The summed E-state index contributed by atoms with van der Waals surface area (Å²) in [5, 5.41) is 0. The molecule has 2 rings (SSSR count). The van der Waals surface area contributed by atoms with E-state index >= 15 is 0 Å². The van der Waals surface area contributed by atoms with E-state index in [4.69, 9.17) is 11.6 Å². The van der Waals surface area contributed by atoms with Crippen molar-refractivity contribution in [2.24, 2.45) is 5.92 Å². The van der Waals surface area contributed by atoms with Crippen molar-refractivity contribution in [2.45, 2.75) is 38.0 Å². The average Bonchev–Trinajstić information content (AvgIpc) is 2.39. The van der Waals surface area contributed by atoms with Crippen LogP contribution in [-0.2, 0) is 5.88 Å². The highest BCUT2D eigenvalue weighted by Gasteiger charge is 2.17. The van der Waals surface area contributed by atoms with Gasteiger partial charge in [0.05, 0.1) is 5.88 Å². The molecule has 0 atom stereocenters. The maximum Gasteiger partial charge on any atom is 0.132 e. The number of anilines is 1. The minimum absolute atomic E-state index is 0.511. The van der Waals surface area contributed by atoms with Crippen molar-refractivity contribution in [3.05, 3.63) is 22.3 Å². The molecular weight excluding hydrogens is 312 g/mol. The van der Waals surface area contributed by atoms with E-state index in [0.29, 0.717) is 5.88 Å². The second-order valence-electron chi connectivity index (χ2n) is 5.15. The van der Waals surface area contributed by atoms with Gasteiger partial charge in [0.15, 0.2) is 0 Å². The summed E-state index contributed by atoms with van der Waals surface area (Å²) in [5.41, 5.74) is 1.10. The second kappa shape index (κ2) is 6.76. The van der Waals surface area contributed by atoms with Crippen LogP contribution in [0.2, 0.25) is 0 Å². The maximum absolute atomic E-state index is 6.00. The monoisotopic (exact) mass is 330 g/mol. The van der Waals surface area contributed by atoms with Crippen LogP contribution in [0.4, 0.5) is 5.82 Å². The Morgan fingerprint density at radius 2 is 2.11 bits per heavy atom. The fourth-order valence-electron chi connectivity index (χ4n) is 2.76. The molecule has 0 radical (unpaired) electrons. The first-order valence-corrected chi connectivity index (χ1v) is 7.95. The summed E-state index contributed by atoms with van der Waals surface area (Å²) < 4.78 is 0.993. The largest absolute Gasteiger partial charge is 0.359 e. The Hall–Kier alpha value is -0.280. The molecule has 0 bridgehead atoms. The molecular formula is C14H20BrClN2. The van der Waals surface area contributed by atoms with Crippen LogP contribution in [0.15, 0.2) is 16.7 Å². The lowest BCUT2D eigenvalue weighted by Gasteiger charge is -2.28. The second-order valence-corrected chi connectivity index (χ2v) is 6.34. The van der Waals surface area contributed by atoms with Gasteiger partial charge in [-0.3, -0.25) is 0 Å². The molecule has 2 nitrogen and oxygen atoms in total. The van der Waals surface area contributed by atoms with Gasteiger partial charge in [0.2, 0.25) is 0 Å². The van der Waals surface area contributed by atoms with Crippen molar-refractivity contribution in [1.82, 2.24) is 4.98 Å². The van der Waals surface area contributed by atoms with Gasteiger partial charge in [-0.1, -0.05) is 19.3 Å². The van der Waals surface area contributed by atoms with Crippen LogP contribution in [0.5, 0.6) is 0 Å². The van der Waals surface area contributed by atoms with Gasteiger partial charge in [0, 0.05) is 29.8 Å². The third-order valence-corrected chi connectivity index (χ3v) is 4.39. The molecule has 0 N–H and O–H groups in total. The molecule has 1 saturated carbocycles. The normalized spacial score (nSPS) is 16.8. The summed E-state index contributed by atoms with van der Waals surface area (Å²) in [6.45, 7) is 1.10. The van der Waals surface area contributed by atoms with Crippen molar-refractivity contribution in [1.29, 1.82) is 0 Å². The molecule has 0 aromatic carbocycles. The predicted octanol–water partition coefficient (Wildman–Crippen LogP) is 4.60. The number of aromatic nitrogens is 1. The molecule has 0 unspecified atom stereocenters. The molecule has 0 aliphatic heterocycles. The van der Waals surface area contributed by atoms with Gasteiger partial charge in [-0.05, 0) is 40.8 Å². The molecule has 1 aromatic heterocycles. The lowest BCUT2D eigenvalue weighted by molar-refractivity contribution is 0.361. The summed E-state index contributed by atoms with van der Waals surface area (Å²) in [6, 6.07) is 2.06. The molecule has 0 spiro atoms. The molecule has 1 aromatic rings. The summed E-state index contributed by atoms with van der Waals surface area (Å²) in [4.78, 5) is 6.77. The molecule has 18 heavy (non-hydrogen) atoms. The highest BCUT2D eigenvalue weighted by molar-refractivity contribution is 9.10. The quantitative estimate of drug-likeness (QED) is 0.750.